The minimum absolute atomic E-state index is 0.156. The summed E-state index contributed by atoms with van der Waals surface area (Å²) < 4.78 is 42.7. The Morgan fingerprint density at radius 2 is 2.05 bits per heavy atom. The number of hydrogen-bond donors (Lipinski definition) is 1. The van der Waals surface area contributed by atoms with Crippen molar-refractivity contribution in [2.75, 3.05) is 0 Å². The van der Waals surface area contributed by atoms with Crippen LogP contribution in [0.3, 0.4) is 0 Å². The first kappa shape index (κ1) is 15.3. The summed E-state index contributed by atoms with van der Waals surface area (Å²) in [6.45, 7) is 2.08. The highest BCUT2D eigenvalue weighted by Gasteiger charge is 2.31. The number of halogens is 3. The van der Waals surface area contributed by atoms with Crippen LogP contribution in [0.25, 0.3) is 0 Å². The fourth-order valence-corrected chi connectivity index (χ4v) is 1.91. The molecule has 1 heterocycles. The summed E-state index contributed by atoms with van der Waals surface area (Å²) in [4.78, 5) is 0. The first-order valence-electron chi connectivity index (χ1n) is 6.28. The van der Waals surface area contributed by atoms with Crippen molar-refractivity contribution in [2.45, 2.75) is 25.9 Å². The number of nitrogens with zero attached hydrogens (tertiary/aromatic N) is 3. The van der Waals surface area contributed by atoms with Crippen molar-refractivity contribution < 1.29 is 17.9 Å². The van der Waals surface area contributed by atoms with E-state index in [9.17, 15) is 13.2 Å². The Morgan fingerprint density at radius 1 is 1.33 bits per heavy atom. The van der Waals surface area contributed by atoms with E-state index in [4.69, 9.17) is 0 Å². The van der Waals surface area contributed by atoms with Gasteiger partial charge in [0.05, 0.1) is 6.04 Å². The van der Waals surface area contributed by atoms with Gasteiger partial charge >= 0.3 is 6.36 Å². The second-order valence-electron chi connectivity index (χ2n) is 4.56. The Hall–Kier alpha value is -2.09. The molecule has 2 rings (SSSR count). The lowest BCUT2D eigenvalue weighted by Crippen LogP contribution is -2.23. The summed E-state index contributed by atoms with van der Waals surface area (Å²) in [5.74, 6) is 0.492. The van der Waals surface area contributed by atoms with Gasteiger partial charge in [-0.15, -0.1) is 23.4 Å². The molecule has 0 fully saturated rings. The fourth-order valence-electron chi connectivity index (χ4n) is 1.91. The second-order valence-corrected chi connectivity index (χ2v) is 4.56. The summed E-state index contributed by atoms with van der Waals surface area (Å²) in [5.41, 5.74) is 0.420. The maximum Gasteiger partial charge on any atom is 0.573 e. The van der Waals surface area contributed by atoms with E-state index < -0.39 is 6.36 Å². The molecule has 8 heteroatoms. The monoisotopic (exact) mass is 300 g/mol. The first-order chi connectivity index (χ1) is 9.87. The number of nitrogens with one attached hydrogen (secondary N) is 1. The van der Waals surface area contributed by atoms with E-state index in [-0.39, 0.29) is 18.3 Å². The summed E-state index contributed by atoms with van der Waals surface area (Å²) in [7, 11) is 1.80. The Bertz CT molecular complexity index is 597. The highest BCUT2D eigenvalue weighted by atomic mass is 19.4. The lowest BCUT2D eigenvalue weighted by molar-refractivity contribution is -0.274. The third kappa shape index (κ3) is 4.19. The quantitative estimate of drug-likeness (QED) is 0.922. The van der Waals surface area contributed by atoms with E-state index in [1.165, 1.54) is 12.1 Å². The van der Waals surface area contributed by atoms with E-state index in [0.717, 1.165) is 0 Å². The molecule has 114 valence electrons. The lowest BCUT2D eigenvalue weighted by Gasteiger charge is -2.16. The van der Waals surface area contributed by atoms with Crippen LogP contribution < -0.4 is 10.1 Å². The summed E-state index contributed by atoms with van der Waals surface area (Å²) in [6.07, 6.45) is -3.14. The Labute approximate surface area is 119 Å². The van der Waals surface area contributed by atoms with Gasteiger partial charge < -0.3 is 14.6 Å². The third-order valence-electron chi connectivity index (χ3n) is 2.93. The maximum atomic E-state index is 12.3. The van der Waals surface area contributed by atoms with Crippen LogP contribution in [0.15, 0.2) is 30.6 Å². The Kier molecular flexibility index (Phi) is 4.46. The molecule has 0 saturated heterocycles. The molecule has 2 aromatic rings. The van der Waals surface area contributed by atoms with Gasteiger partial charge in [-0.2, -0.15) is 0 Å². The van der Waals surface area contributed by atoms with Crippen molar-refractivity contribution in [1.82, 2.24) is 20.1 Å². The molecular formula is C13H15F3N4O. The number of aryl methyl sites for hydroxylation is 1. The lowest BCUT2D eigenvalue weighted by atomic mass is 10.2. The van der Waals surface area contributed by atoms with Gasteiger partial charge in [0, 0.05) is 19.2 Å². The molecule has 1 unspecified atom stereocenters. The molecule has 0 spiro atoms. The number of aromatic nitrogens is 3. The molecule has 0 aliphatic heterocycles. The van der Waals surface area contributed by atoms with Crippen LogP contribution in [0.2, 0.25) is 0 Å². The molecule has 0 amide bonds. The number of rotatable bonds is 5. The zero-order chi connectivity index (χ0) is 15.5. The predicted octanol–water partition coefficient (Wildman–Crippen LogP) is 2.56. The molecule has 21 heavy (non-hydrogen) atoms. The summed E-state index contributed by atoms with van der Waals surface area (Å²) in [5, 5.41) is 10.8. The normalized spacial score (nSPS) is 13.2. The average molecular weight is 300 g/mol. The van der Waals surface area contributed by atoms with E-state index >= 15 is 0 Å². The predicted molar refractivity (Wildman–Crippen MR) is 69.4 cm³/mol. The highest BCUT2D eigenvalue weighted by Crippen LogP contribution is 2.26. The van der Waals surface area contributed by atoms with Crippen LogP contribution in [0.1, 0.15) is 24.4 Å². The SMILES string of the molecule is CC(NCc1ccccc1OC(F)(F)F)c1nncn1C. The summed E-state index contributed by atoms with van der Waals surface area (Å²) >= 11 is 0. The number of benzene rings is 1. The molecule has 0 radical (unpaired) electrons. The van der Waals surface area contributed by atoms with E-state index in [1.807, 2.05) is 6.92 Å². The van der Waals surface area contributed by atoms with Crippen LogP contribution in [0.5, 0.6) is 5.75 Å². The topological polar surface area (TPSA) is 52.0 Å². The zero-order valence-corrected chi connectivity index (χ0v) is 11.6. The van der Waals surface area contributed by atoms with Crippen molar-refractivity contribution in [3.05, 3.63) is 42.0 Å². The van der Waals surface area contributed by atoms with Gasteiger partial charge in [0.25, 0.3) is 0 Å². The van der Waals surface area contributed by atoms with Gasteiger partial charge in [-0.05, 0) is 13.0 Å². The van der Waals surface area contributed by atoms with Gasteiger partial charge in [-0.25, -0.2) is 0 Å². The van der Waals surface area contributed by atoms with Crippen LogP contribution in [0, 0.1) is 0 Å². The van der Waals surface area contributed by atoms with Crippen molar-refractivity contribution in [2.24, 2.45) is 7.05 Å². The van der Waals surface area contributed by atoms with E-state index in [0.29, 0.717) is 11.4 Å². The molecule has 1 N–H and O–H groups in total. The third-order valence-corrected chi connectivity index (χ3v) is 2.93. The largest absolute Gasteiger partial charge is 0.573 e. The Morgan fingerprint density at radius 3 is 2.67 bits per heavy atom. The van der Waals surface area contributed by atoms with Crippen LogP contribution in [-0.4, -0.2) is 21.1 Å². The first-order valence-corrected chi connectivity index (χ1v) is 6.28. The molecule has 5 nitrogen and oxygen atoms in total. The molecule has 0 bridgehead atoms. The van der Waals surface area contributed by atoms with Crippen molar-refractivity contribution in [3.63, 3.8) is 0 Å². The minimum Gasteiger partial charge on any atom is -0.405 e. The minimum atomic E-state index is -4.70. The number of alkyl halides is 3. The molecule has 1 atom stereocenters. The summed E-state index contributed by atoms with van der Waals surface area (Å²) in [6, 6.07) is 5.87. The van der Waals surface area contributed by atoms with Crippen LogP contribution in [-0.2, 0) is 13.6 Å². The van der Waals surface area contributed by atoms with Gasteiger partial charge in [-0.1, -0.05) is 18.2 Å². The van der Waals surface area contributed by atoms with Crippen LogP contribution in [0.4, 0.5) is 13.2 Å². The number of para-hydroxylation sites is 1. The molecular weight excluding hydrogens is 285 g/mol. The van der Waals surface area contributed by atoms with E-state index in [2.05, 4.69) is 20.3 Å². The van der Waals surface area contributed by atoms with Gasteiger partial charge in [0.15, 0.2) is 0 Å². The van der Waals surface area contributed by atoms with E-state index in [1.54, 1.807) is 30.1 Å². The molecule has 1 aromatic heterocycles. The molecule has 0 aliphatic carbocycles. The second kappa shape index (κ2) is 6.13. The van der Waals surface area contributed by atoms with Gasteiger partial charge in [0.2, 0.25) is 0 Å². The van der Waals surface area contributed by atoms with Crippen LogP contribution >= 0.6 is 0 Å². The molecule has 0 aliphatic rings. The average Bonchev–Trinajstić information content (AvgIpc) is 2.82. The standard InChI is InChI=1S/C13H15F3N4O/c1-9(12-19-18-8-20(12)2)17-7-10-5-3-4-6-11(10)21-13(14,15)16/h3-6,8-9,17H,7H2,1-2H3. The van der Waals surface area contributed by atoms with Crippen molar-refractivity contribution in [3.8, 4) is 5.75 Å². The fraction of sp³-hybridized carbons (Fsp3) is 0.385. The van der Waals surface area contributed by atoms with Crippen molar-refractivity contribution >= 4 is 0 Å². The number of ether oxygens (including phenoxy) is 1. The zero-order valence-electron chi connectivity index (χ0n) is 11.6. The van der Waals surface area contributed by atoms with Gasteiger partial charge in [-0.3, -0.25) is 0 Å². The maximum absolute atomic E-state index is 12.3. The molecule has 0 saturated carbocycles. The highest BCUT2D eigenvalue weighted by molar-refractivity contribution is 5.33. The molecule has 1 aromatic carbocycles. The Balaban J connectivity index is 2.05. The smallest absolute Gasteiger partial charge is 0.405 e. The van der Waals surface area contributed by atoms with Crippen molar-refractivity contribution in [1.29, 1.82) is 0 Å². The van der Waals surface area contributed by atoms with Gasteiger partial charge in [0.1, 0.15) is 17.9 Å². The number of hydrogen-bond acceptors (Lipinski definition) is 4.